The zero-order valence-electron chi connectivity index (χ0n) is 13.9. The first kappa shape index (κ1) is 18.6. The Hall–Kier alpha value is -1.72. The highest BCUT2D eigenvalue weighted by atomic mass is 32.2. The molecule has 0 saturated heterocycles. The van der Waals surface area contributed by atoms with Crippen molar-refractivity contribution in [1.82, 2.24) is 9.97 Å². The molecule has 2 rings (SSSR count). The van der Waals surface area contributed by atoms with Gasteiger partial charge < -0.3 is 10.4 Å². The average molecular weight is 352 g/mol. The Labute approximate surface area is 143 Å². The van der Waals surface area contributed by atoms with E-state index >= 15 is 0 Å². The van der Waals surface area contributed by atoms with Crippen LogP contribution in [-0.4, -0.2) is 48.1 Å². The van der Waals surface area contributed by atoms with Crippen molar-refractivity contribution >= 4 is 15.7 Å². The summed E-state index contributed by atoms with van der Waals surface area (Å²) in [5.74, 6) is 1.71. The predicted molar refractivity (Wildman–Crippen MR) is 91.2 cm³/mol. The highest BCUT2D eigenvalue weighted by Crippen LogP contribution is 2.26. The van der Waals surface area contributed by atoms with Gasteiger partial charge in [-0.05, 0) is 38.0 Å². The molecule has 7 nitrogen and oxygen atoms in total. The third-order valence-corrected chi connectivity index (χ3v) is 5.26. The maximum atomic E-state index is 11.1. The van der Waals surface area contributed by atoms with E-state index in [1.165, 1.54) is 12.5 Å². The lowest BCUT2D eigenvalue weighted by Gasteiger charge is -2.24. The number of rotatable bonds is 7. The van der Waals surface area contributed by atoms with E-state index in [1.807, 2.05) is 0 Å². The number of aromatic nitrogens is 2. The number of nitriles is 1. The van der Waals surface area contributed by atoms with Gasteiger partial charge in [-0.1, -0.05) is 0 Å². The Kier molecular flexibility index (Phi) is 6.52. The molecule has 0 aliphatic heterocycles. The van der Waals surface area contributed by atoms with Gasteiger partial charge in [-0.15, -0.1) is 0 Å². The maximum absolute atomic E-state index is 11.1. The molecule has 0 amide bonds. The van der Waals surface area contributed by atoms with Crippen molar-refractivity contribution in [2.75, 3.05) is 23.9 Å². The van der Waals surface area contributed by atoms with E-state index in [0.717, 1.165) is 32.1 Å². The Balaban J connectivity index is 1.95. The van der Waals surface area contributed by atoms with Gasteiger partial charge in [0.05, 0.1) is 18.1 Å². The highest BCUT2D eigenvalue weighted by Gasteiger charge is 2.21. The summed E-state index contributed by atoms with van der Waals surface area (Å²) in [6.07, 6.45) is 7.28. The summed E-state index contributed by atoms with van der Waals surface area (Å²) >= 11 is 0. The van der Waals surface area contributed by atoms with Gasteiger partial charge >= 0.3 is 0 Å². The molecule has 1 heterocycles. The molecule has 1 aliphatic carbocycles. The van der Waals surface area contributed by atoms with Gasteiger partial charge in [0.25, 0.3) is 0 Å². The molecule has 1 fully saturated rings. The number of aliphatic hydroxyl groups is 1. The normalized spacial score (nSPS) is 21.2. The number of hydrogen-bond acceptors (Lipinski definition) is 7. The molecule has 2 N–H and O–H groups in total. The van der Waals surface area contributed by atoms with E-state index in [0.29, 0.717) is 36.1 Å². The third-order valence-electron chi connectivity index (χ3n) is 4.23. The lowest BCUT2D eigenvalue weighted by Crippen LogP contribution is -2.20. The first-order valence-electron chi connectivity index (χ1n) is 8.23. The Morgan fingerprint density at radius 3 is 2.71 bits per heavy atom. The van der Waals surface area contributed by atoms with Gasteiger partial charge in [0.2, 0.25) is 0 Å². The van der Waals surface area contributed by atoms with E-state index in [1.54, 1.807) is 0 Å². The van der Waals surface area contributed by atoms with Crippen LogP contribution in [0.3, 0.4) is 0 Å². The number of nitrogens with zero attached hydrogens (tertiary/aromatic N) is 3. The molecular formula is C16H24N4O3S. The quantitative estimate of drug-likeness (QED) is 0.710. The van der Waals surface area contributed by atoms with Crippen molar-refractivity contribution in [1.29, 1.82) is 5.26 Å². The molecule has 0 radical (unpaired) electrons. The zero-order valence-corrected chi connectivity index (χ0v) is 14.7. The topological polar surface area (TPSA) is 116 Å². The van der Waals surface area contributed by atoms with Crippen molar-refractivity contribution in [3.05, 3.63) is 17.6 Å². The SMILES string of the molecule is CS(=O)(=O)CCCNc1nc(C[C@H]2CC[C@H](O)CC2)ncc1C#N. The van der Waals surface area contributed by atoms with Gasteiger partial charge in [0.15, 0.2) is 0 Å². The van der Waals surface area contributed by atoms with Crippen LogP contribution >= 0.6 is 0 Å². The average Bonchev–Trinajstić information content (AvgIpc) is 2.53. The maximum Gasteiger partial charge on any atom is 0.147 e. The van der Waals surface area contributed by atoms with Crippen LogP contribution in [0.2, 0.25) is 0 Å². The lowest BCUT2D eigenvalue weighted by atomic mass is 9.85. The summed E-state index contributed by atoms with van der Waals surface area (Å²) in [4.78, 5) is 8.69. The van der Waals surface area contributed by atoms with Crippen molar-refractivity contribution in [2.24, 2.45) is 5.92 Å². The van der Waals surface area contributed by atoms with Gasteiger partial charge in [0.1, 0.15) is 33.1 Å². The van der Waals surface area contributed by atoms with Crippen molar-refractivity contribution < 1.29 is 13.5 Å². The summed E-state index contributed by atoms with van der Waals surface area (Å²) in [7, 11) is -2.98. The molecular weight excluding hydrogens is 328 g/mol. The molecule has 0 unspecified atom stereocenters. The Morgan fingerprint density at radius 1 is 1.38 bits per heavy atom. The second-order valence-electron chi connectivity index (χ2n) is 6.45. The number of anilines is 1. The van der Waals surface area contributed by atoms with Crippen LogP contribution < -0.4 is 5.32 Å². The number of nitrogens with one attached hydrogen (secondary N) is 1. The molecule has 1 saturated carbocycles. The van der Waals surface area contributed by atoms with Crippen LogP contribution in [0.1, 0.15) is 43.5 Å². The Bertz CT molecular complexity index is 692. The fourth-order valence-corrected chi connectivity index (χ4v) is 3.55. The van der Waals surface area contributed by atoms with Crippen LogP contribution in [0, 0.1) is 17.2 Å². The third kappa shape index (κ3) is 6.06. The van der Waals surface area contributed by atoms with Gasteiger partial charge in [-0.3, -0.25) is 0 Å². The largest absolute Gasteiger partial charge is 0.393 e. The number of aliphatic hydroxyl groups excluding tert-OH is 1. The molecule has 0 atom stereocenters. The minimum atomic E-state index is -2.98. The minimum absolute atomic E-state index is 0.101. The van der Waals surface area contributed by atoms with E-state index in [9.17, 15) is 13.5 Å². The number of hydrogen-bond donors (Lipinski definition) is 2. The van der Waals surface area contributed by atoms with Crippen LogP contribution in [0.25, 0.3) is 0 Å². The highest BCUT2D eigenvalue weighted by molar-refractivity contribution is 7.90. The van der Waals surface area contributed by atoms with Crippen LogP contribution in [0.4, 0.5) is 5.82 Å². The molecule has 0 bridgehead atoms. The second kappa shape index (κ2) is 8.40. The molecule has 0 spiro atoms. The molecule has 24 heavy (non-hydrogen) atoms. The monoisotopic (exact) mass is 352 g/mol. The molecule has 132 valence electrons. The van der Waals surface area contributed by atoms with Gasteiger partial charge in [0, 0.05) is 19.2 Å². The van der Waals surface area contributed by atoms with E-state index in [2.05, 4.69) is 21.4 Å². The summed E-state index contributed by atoms with van der Waals surface area (Å²) < 4.78 is 22.3. The fourth-order valence-electron chi connectivity index (χ4n) is 2.88. The van der Waals surface area contributed by atoms with E-state index in [4.69, 9.17) is 5.26 Å². The molecule has 1 aromatic rings. The smallest absolute Gasteiger partial charge is 0.147 e. The number of sulfone groups is 1. The molecule has 8 heteroatoms. The first-order valence-corrected chi connectivity index (χ1v) is 10.3. The van der Waals surface area contributed by atoms with Crippen LogP contribution in [0.5, 0.6) is 0 Å². The van der Waals surface area contributed by atoms with Crippen molar-refractivity contribution in [2.45, 2.75) is 44.6 Å². The van der Waals surface area contributed by atoms with Crippen LogP contribution in [-0.2, 0) is 16.3 Å². The summed E-state index contributed by atoms with van der Waals surface area (Å²) in [6.45, 7) is 0.438. The van der Waals surface area contributed by atoms with Gasteiger partial charge in [-0.25, -0.2) is 18.4 Å². The lowest BCUT2D eigenvalue weighted by molar-refractivity contribution is 0.108. The second-order valence-corrected chi connectivity index (χ2v) is 8.71. The first-order chi connectivity index (χ1) is 11.4. The van der Waals surface area contributed by atoms with Crippen LogP contribution in [0.15, 0.2) is 6.20 Å². The summed E-state index contributed by atoms with van der Waals surface area (Å²) in [5, 5.41) is 21.8. The van der Waals surface area contributed by atoms with E-state index < -0.39 is 9.84 Å². The molecule has 1 aromatic heterocycles. The summed E-state index contributed by atoms with van der Waals surface area (Å²) in [6, 6.07) is 2.05. The van der Waals surface area contributed by atoms with Crippen molar-refractivity contribution in [3.8, 4) is 6.07 Å². The van der Waals surface area contributed by atoms with Crippen molar-refractivity contribution in [3.63, 3.8) is 0 Å². The molecule has 0 aromatic carbocycles. The standard InChI is InChI=1S/C16H24N4O3S/c1-24(22,23)8-2-7-18-16-13(10-17)11-19-15(20-16)9-12-3-5-14(21)6-4-12/h11-12,14,21H,2-9H2,1H3,(H,18,19,20)/t12-,14-. The summed E-state index contributed by atoms with van der Waals surface area (Å²) in [5.41, 5.74) is 0.358. The Morgan fingerprint density at radius 2 is 2.08 bits per heavy atom. The minimum Gasteiger partial charge on any atom is -0.393 e. The molecule has 1 aliphatic rings. The fraction of sp³-hybridized carbons (Fsp3) is 0.688. The van der Waals surface area contributed by atoms with E-state index in [-0.39, 0.29) is 11.9 Å². The zero-order chi connectivity index (χ0) is 17.6. The van der Waals surface area contributed by atoms with Gasteiger partial charge in [-0.2, -0.15) is 5.26 Å². The predicted octanol–water partition coefficient (Wildman–Crippen LogP) is 1.29.